The summed E-state index contributed by atoms with van der Waals surface area (Å²) in [4.78, 5) is 39.4. The Kier molecular flexibility index (Phi) is 13.7. The molecule has 3 aliphatic rings. The molecule has 0 radical (unpaired) electrons. The molecule has 0 aliphatic carbocycles. The molecule has 4 aromatic rings. The predicted molar refractivity (Wildman–Crippen MR) is 201 cm³/mol. The van der Waals surface area contributed by atoms with Gasteiger partial charge >= 0.3 is 12.1 Å². The number of halogens is 3. The zero-order valence-corrected chi connectivity index (χ0v) is 31.6. The maximum Gasteiger partial charge on any atom is 0.414 e. The molecule has 54 heavy (non-hydrogen) atoms. The minimum absolute atomic E-state index is 0.0530. The van der Waals surface area contributed by atoms with Crippen LogP contribution in [0.2, 0.25) is 15.1 Å². The van der Waals surface area contributed by atoms with Gasteiger partial charge in [0.25, 0.3) is 6.47 Å². The number of methoxy groups -OCH3 is 2. The largest absolute Gasteiger partial charge is 0.619 e. The SMILES string of the molecule is COc1ccc([C@H](Cc2c(Cl)c[n+]([O-])cc2Cl)OC(=O)c2ccc(CN(C(=O)O[C@H]3CN4CCC3CC4)c3cc(O)ccc3Cl)cc2)cc1OC.O=CO. The molecular formula is C38H38Cl3N3O10. The molecule has 286 valence electrons. The van der Waals surface area contributed by atoms with Crippen LogP contribution in [-0.2, 0) is 27.2 Å². The summed E-state index contributed by atoms with van der Waals surface area (Å²) in [5, 5.41) is 29.5. The molecule has 0 saturated carbocycles. The number of hydrogen-bond donors (Lipinski definition) is 2. The lowest BCUT2D eigenvalue weighted by molar-refractivity contribution is -0.605. The zero-order chi connectivity index (χ0) is 38.9. The number of anilines is 1. The van der Waals surface area contributed by atoms with Crippen LogP contribution >= 0.6 is 34.8 Å². The Morgan fingerprint density at radius 3 is 2.20 bits per heavy atom. The van der Waals surface area contributed by atoms with Gasteiger partial charge in [0.05, 0.1) is 37.0 Å². The fraction of sp³-hybridized carbons (Fsp3) is 0.316. The Morgan fingerprint density at radius 1 is 0.963 bits per heavy atom. The first-order valence-electron chi connectivity index (χ1n) is 16.8. The molecule has 7 rings (SSSR count). The number of esters is 1. The van der Waals surface area contributed by atoms with Gasteiger partial charge in [0.1, 0.15) is 28.0 Å². The number of hydrogen-bond acceptors (Lipinski definition) is 10. The molecule has 2 N–H and O–H groups in total. The summed E-state index contributed by atoms with van der Waals surface area (Å²) in [7, 11) is 3.01. The fourth-order valence-corrected chi connectivity index (χ4v) is 7.33. The van der Waals surface area contributed by atoms with Gasteiger partial charge in [0, 0.05) is 24.6 Å². The third kappa shape index (κ3) is 9.77. The van der Waals surface area contributed by atoms with Crippen LogP contribution in [0.25, 0.3) is 0 Å². The third-order valence-corrected chi connectivity index (χ3v) is 10.3. The van der Waals surface area contributed by atoms with Crippen molar-refractivity contribution in [2.45, 2.75) is 38.0 Å². The van der Waals surface area contributed by atoms with Crippen LogP contribution in [0.5, 0.6) is 17.2 Å². The van der Waals surface area contributed by atoms with E-state index in [1.165, 1.54) is 49.7 Å². The Morgan fingerprint density at radius 2 is 1.61 bits per heavy atom. The van der Waals surface area contributed by atoms with E-state index in [1.54, 1.807) is 42.5 Å². The van der Waals surface area contributed by atoms with E-state index in [-0.39, 0.29) is 51.9 Å². The number of nitrogens with zero attached hydrogens (tertiary/aromatic N) is 3. The topological polar surface area (TPSA) is 162 Å². The number of aromatic nitrogens is 1. The number of pyridine rings is 1. The Hall–Kier alpha value is -4.95. The average molecular weight is 803 g/mol. The molecule has 4 heterocycles. The first kappa shape index (κ1) is 40.2. The lowest BCUT2D eigenvalue weighted by Gasteiger charge is -2.44. The molecule has 2 atom stereocenters. The van der Waals surface area contributed by atoms with Crippen LogP contribution in [0, 0.1) is 11.1 Å². The van der Waals surface area contributed by atoms with E-state index in [0.717, 1.165) is 25.9 Å². The van der Waals surface area contributed by atoms with Gasteiger partial charge in [-0.05, 0) is 79.4 Å². The van der Waals surface area contributed by atoms with Gasteiger partial charge < -0.3 is 34.4 Å². The highest BCUT2D eigenvalue weighted by Crippen LogP contribution is 2.37. The zero-order valence-electron chi connectivity index (χ0n) is 29.3. The number of amides is 1. The van der Waals surface area contributed by atoms with Crippen molar-refractivity contribution in [3.8, 4) is 17.2 Å². The summed E-state index contributed by atoms with van der Waals surface area (Å²) in [6.45, 7) is 2.48. The van der Waals surface area contributed by atoms with E-state index in [4.69, 9.17) is 63.7 Å². The fourth-order valence-electron chi connectivity index (χ4n) is 6.51. The van der Waals surface area contributed by atoms with Crippen LogP contribution in [-0.4, -0.2) is 73.6 Å². The number of ether oxygens (including phenoxy) is 4. The lowest BCUT2D eigenvalue weighted by atomic mass is 9.86. The molecule has 3 fully saturated rings. The number of carboxylic acid groups (broad SMARTS) is 1. The van der Waals surface area contributed by atoms with E-state index in [9.17, 15) is 19.9 Å². The molecule has 0 spiro atoms. The third-order valence-electron chi connectivity index (χ3n) is 9.30. The van der Waals surface area contributed by atoms with Crippen LogP contribution < -0.4 is 19.1 Å². The number of aromatic hydroxyl groups is 1. The molecular weight excluding hydrogens is 765 g/mol. The number of rotatable bonds is 11. The minimum atomic E-state index is -0.890. The molecule has 1 amide bonds. The highest BCUT2D eigenvalue weighted by atomic mass is 35.5. The number of piperidine rings is 3. The van der Waals surface area contributed by atoms with E-state index in [1.807, 2.05) is 0 Å². The summed E-state index contributed by atoms with van der Waals surface area (Å²) in [5.74, 6) is 0.510. The number of carbonyl (C=O) groups is 3. The van der Waals surface area contributed by atoms with Crippen LogP contribution in [0.1, 0.15) is 46.0 Å². The molecule has 13 nitrogen and oxygen atoms in total. The van der Waals surface area contributed by atoms with Crippen molar-refractivity contribution in [1.29, 1.82) is 0 Å². The first-order valence-corrected chi connectivity index (χ1v) is 17.9. The van der Waals surface area contributed by atoms with Crippen LogP contribution in [0.4, 0.5) is 10.5 Å². The van der Waals surface area contributed by atoms with Crippen molar-refractivity contribution in [3.05, 3.63) is 116 Å². The van der Waals surface area contributed by atoms with Crippen molar-refractivity contribution < 1.29 is 48.3 Å². The summed E-state index contributed by atoms with van der Waals surface area (Å²) in [6, 6.07) is 16.1. The van der Waals surface area contributed by atoms with E-state index < -0.39 is 18.2 Å². The second-order valence-electron chi connectivity index (χ2n) is 12.6. The Balaban J connectivity index is 0.00000181. The number of phenols is 1. The van der Waals surface area contributed by atoms with Gasteiger partial charge in [0.15, 0.2) is 23.9 Å². The van der Waals surface area contributed by atoms with E-state index in [0.29, 0.717) is 51.1 Å². The Labute approximate surface area is 326 Å². The Bertz CT molecular complexity index is 1930. The van der Waals surface area contributed by atoms with Crippen LogP contribution in [0.3, 0.4) is 0 Å². The first-order chi connectivity index (χ1) is 25.9. The van der Waals surface area contributed by atoms with Crippen molar-refractivity contribution in [2.24, 2.45) is 5.92 Å². The summed E-state index contributed by atoms with van der Waals surface area (Å²) in [5.41, 5.74) is 2.20. The lowest BCUT2D eigenvalue weighted by Crippen LogP contribution is -2.53. The van der Waals surface area contributed by atoms with Gasteiger partial charge in [0.2, 0.25) is 0 Å². The van der Waals surface area contributed by atoms with Gasteiger partial charge in [-0.15, -0.1) is 0 Å². The minimum Gasteiger partial charge on any atom is -0.619 e. The van der Waals surface area contributed by atoms with Crippen molar-refractivity contribution in [3.63, 3.8) is 0 Å². The molecule has 1 aromatic heterocycles. The summed E-state index contributed by atoms with van der Waals surface area (Å²) >= 11 is 19.3. The number of carbonyl (C=O) groups excluding carboxylic acids is 2. The average Bonchev–Trinajstić information content (AvgIpc) is 3.16. The number of phenolic OH excluding ortho intramolecular Hbond substituents is 1. The molecule has 3 saturated heterocycles. The molecule has 0 unspecified atom stereocenters. The van der Waals surface area contributed by atoms with Gasteiger partial charge in [-0.2, -0.15) is 4.73 Å². The van der Waals surface area contributed by atoms with Gasteiger partial charge in [-0.1, -0.05) is 53.0 Å². The number of fused-ring (bicyclic) bond motifs is 3. The standard InChI is InChI=1S/C37H36Cl3N3O8.CH2O2/c1-48-32-10-7-25(15-34(32)49-2)33(17-27-29(39)19-42(47)20-30(27)40)50-36(45)24-5-3-22(4-6-24)18-43(31-16-26(44)8-9-28(31)38)37(46)51-35-21-41-13-11-23(35)12-14-41;2-1-3/h3-10,15-16,19-20,23,33,35,44H,11-14,17-18,21H2,1-2H3;1H,(H,2,3)/t33-,35-;/m0./s1. The maximum atomic E-state index is 13.7. The highest BCUT2D eigenvalue weighted by Gasteiger charge is 2.38. The molecule has 3 aromatic carbocycles. The van der Waals surface area contributed by atoms with E-state index in [2.05, 4.69) is 4.90 Å². The quantitative estimate of drug-likeness (QED) is 0.0690. The maximum absolute atomic E-state index is 13.7. The molecule has 16 heteroatoms. The second kappa shape index (κ2) is 18.4. The van der Waals surface area contributed by atoms with Crippen LogP contribution in [0.15, 0.2) is 73.1 Å². The smallest absolute Gasteiger partial charge is 0.414 e. The molecule has 2 bridgehead atoms. The highest BCUT2D eigenvalue weighted by molar-refractivity contribution is 6.35. The van der Waals surface area contributed by atoms with Gasteiger partial charge in [-0.3, -0.25) is 14.6 Å². The van der Waals surface area contributed by atoms with Crippen molar-refractivity contribution in [2.75, 3.05) is 38.8 Å². The monoisotopic (exact) mass is 801 g/mol. The van der Waals surface area contributed by atoms with Crippen molar-refractivity contribution in [1.82, 2.24) is 4.90 Å². The van der Waals surface area contributed by atoms with Gasteiger partial charge in [-0.25, -0.2) is 9.59 Å². The molecule has 3 aliphatic heterocycles. The predicted octanol–water partition coefficient (Wildman–Crippen LogP) is 7.08. The van der Waals surface area contributed by atoms with Crippen molar-refractivity contribution >= 4 is 59.0 Å². The summed E-state index contributed by atoms with van der Waals surface area (Å²) in [6.07, 6.45) is 2.64. The van der Waals surface area contributed by atoms with E-state index >= 15 is 0 Å². The number of benzene rings is 3. The summed E-state index contributed by atoms with van der Waals surface area (Å²) < 4.78 is 23.4. The normalized spacial score (nSPS) is 17.7. The second-order valence-corrected chi connectivity index (χ2v) is 13.8.